The Morgan fingerprint density at radius 3 is 2.93 bits per heavy atom. The predicted octanol–water partition coefficient (Wildman–Crippen LogP) is 1.31. The fourth-order valence-electron chi connectivity index (χ4n) is 3.72. The number of aromatic nitrogens is 2. The topological polar surface area (TPSA) is 88.9 Å². The van der Waals surface area contributed by atoms with E-state index in [0.29, 0.717) is 18.4 Å². The first-order chi connectivity index (χ1) is 13.0. The lowest BCUT2D eigenvalue weighted by molar-refractivity contribution is 0.115. The molecule has 4 rings (SSSR count). The van der Waals surface area contributed by atoms with Gasteiger partial charge >= 0.3 is 0 Å². The van der Waals surface area contributed by atoms with Crippen LogP contribution in [0.3, 0.4) is 0 Å². The number of nitrogens with zero attached hydrogens (tertiary/aromatic N) is 4. The van der Waals surface area contributed by atoms with Gasteiger partial charge < -0.3 is 15.6 Å². The van der Waals surface area contributed by atoms with Crippen molar-refractivity contribution < 1.29 is 9.84 Å². The number of aliphatic imine (C=N–C) groups is 1. The molecular weight excluding hydrogens is 342 g/mol. The summed E-state index contributed by atoms with van der Waals surface area (Å²) in [5.74, 6) is 1.80. The largest absolute Gasteiger partial charge is 0.491 e. The van der Waals surface area contributed by atoms with E-state index in [9.17, 15) is 0 Å². The van der Waals surface area contributed by atoms with Crippen LogP contribution in [0.15, 0.2) is 29.3 Å². The molecule has 0 aliphatic carbocycles. The van der Waals surface area contributed by atoms with Gasteiger partial charge in [-0.15, -0.1) is 0 Å². The summed E-state index contributed by atoms with van der Waals surface area (Å²) in [7, 11) is 0. The highest BCUT2D eigenvalue weighted by Crippen LogP contribution is 2.34. The summed E-state index contributed by atoms with van der Waals surface area (Å²) in [4.78, 5) is 6.68. The number of β-amino-alcohol motifs (C(OH)–C–C–N with tert-alkyl or cyclic N) is 1. The van der Waals surface area contributed by atoms with Crippen molar-refractivity contribution in [2.45, 2.75) is 32.2 Å². The Hall–Kier alpha value is -2.38. The number of aliphatic hydroxyl groups excluding tert-OH is 1. The van der Waals surface area contributed by atoms with Crippen LogP contribution in [0.1, 0.15) is 36.7 Å². The van der Waals surface area contributed by atoms with E-state index in [1.807, 2.05) is 30.7 Å². The minimum absolute atomic E-state index is 0.134. The maximum absolute atomic E-state index is 9.07. The smallest absolute Gasteiger partial charge is 0.146 e. The van der Waals surface area contributed by atoms with Crippen molar-refractivity contribution in [3.8, 4) is 11.4 Å². The highest BCUT2D eigenvalue weighted by molar-refractivity contribution is 5.96. The lowest BCUT2D eigenvalue weighted by atomic mass is 9.91. The first kappa shape index (κ1) is 18.0. The summed E-state index contributed by atoms with van der Waals surface area (Å²) < 4.78 is 7.89. The van der Waals surface area contributed by atoms with Crippen molar-refractivity contribution in [3.05, 3.63) is 41.2 Å². The molecule has 0 saturated carbocycles. The Balaban J connectivity index is 1.66. The minimum atomic E-state index is 0.134. The van der Waals surface area contributed by atoms with Crippen LogP contribution in [-0.4, -0.2) is 64.5 Å². The fraction of sp³-hybridized carbons (Fsp3) is 0.500. The molecule has 144 valence electrons. The maximum atomic E-state index is 9.07. The third-order valence-corrected chi connectivity index (χ3v) is 5.11. The van der Waals surface area contributed by atoms with E-state index in [0.717, 1.165) is 48.9 Å². The molecule has 3 heterocycles. The quantitative estimate of drug-likeness (QED) is 0.613. The van der Waals surface area contributed by atoms with Crippen molar-refractivity contribution >= 4 is 5.84 Å². The number of amidine groups is 1. The van der Waals surface area contributed by atoms with Gasteiger partial charge in [0.1, 0.15) is 23.0 Å². The molecule has 1 aromatic carbocycles. The van der Waals surface area contributed by atoms with Crippen LogP contribution in [0, 0.1) is 0 Å². The number of ether oxygens (including phenoxy) is 1. The summed E-state index contributed by atoms with van der Waals surface area (Å²) in [5, 5.41) is 13.8. The average molecular weight is 369 g/mol. The van der Waals surface area contributed by atoms with Crippen molar-refractivity contribution in [1.29, 1.82) is 0 Å². The van der Waals surface area contributed by atoms with Gasteiger partial charge in [0.05, 0.1) is 13.2 Å². The van der Waals surface area contributed by atoms with E-state index < -0.39 is 0 Å². The first-order valence-corrected chi connectivity index (χ1v) is 9.58. The standard InChI is InChI=1S/C20H27N5O2/c1-13(2)22-20(21)17-10-16-5-8-27-19-4-3-14(9-18(19)25(16)23-17)15-11-24(12-15)6-7-26/h3-4,9-10,13,15,26H,5-8,11-12H2,1-2H3,(H2,21,22). The van der Waals surface area contributed by atoms with Crippen LogP contribution in [0.4, 0.5) is 0 Å². The van der Waals surface area contributed by atoms with Crippen molar-refractivity contribution in [2.24, 2.45) is 10.7 Å². The minimum Gasteiger partial charge on any atom is -0.491 e. The van der Waals surface area contributed by atoms with E-state index in [1.54, 1.807) is 0 Å². The zero-order valence-corrected chi connectivity index (χ0v) is 15.9. The molecule has 2 aliphatic rings. The monoisotopic (exact) mass is 369 g/mol. The van der Waals surface area contributed by atoms with E-state index in [1.165, 1.54) is 5.56 Å². The number of likely N-dealkylation sites (tertiary alicyclic amines) is 1. The normalized spacial score (nSPS) is 17.9. The molecule has 0 unspecified atom stereocenters. The molecule has 27 heavy (non-hydrogen) atoms. The molecule has 2 aromatic rings. The van der Waals surface area contributed by atoms with Crippen LogP contribution >= 0.6 is 0 Å². The Morgan fingerprint density at radius 2 is 2.19 bits per heavy atom. The molecule has 0 amide bonds. The average Bonchev–Trinajstić information content (AvgIpc) is 2.94. The molecular formula is C20H27N5O2. The number of nitrogens with two attached hydrogens (primary N) is 1. The van der Waals surface area contributed by atoms with Gasteiger partial charge in [-0.25, -0.2) is 4.68 Å². The lowest BCUT2D eigenvalue weighted by Gasteiger charge is -2.39. The van der Waals surface area contributed by atoms with Gasteiger partial charge in [-0.2, -0.15) is 5.10 Å². The number of benzene rings is 1. The number of hydrogen-bond donors (Lipinski definition) is 2. The van der Waals surface area contributed by atoms with Gasteiger partial charge in [0.15, 0.2) is 0 Å². The highest BCUT2D eigenvalue weighted by Gasteiger charge is 2.29. The second-order valence-corrected chi connectivity index (χ2v) is 7.55. The van der Waals surface area contributed by atoms with Crippen LogP contribution < -0.4 is 10.5 Å². The Bertz CT molecular complexity index is 852. The third-order valence-electron chi connectivity index (χ3n) is 5.11. The van der Waals surface area contributed by atoms with Gasteiger partial charge in [-0.1, -0.05) is 6.07 Å². The second kappa shape index (κ2) is 7.32. The third kappa shape index (κ3) is 3.57. The Kier molecular flexibility index (Phi) is 4.88. The van der Waals surface area contributed by atoms with E-state index in [-0.39, 0.29) is 12.6 Å². The molecule has 1 aromatic heterocycles. The summed E-state index contributed by atoms with van der Waals surface area (Å²) in [5.41, 5.74) is 10.2. The van der Waals surface area contributed by atoms with Gasteiger partial charge in [-0.05, 0) is 37.6 Å². The Morgan fingerprint density at radius 1 is 1.37 bits per heavy atom. The Labute approximate surface area is 159 Å². The molecule has 7 nitrogen and oxygen atoms in total. The number of hydrogen-bond acceptors (Lipinski definition) is 5. The summed E-state index contributed by atoms with van der Waals surface area (Å²) in [6, 6.07) is 8.51. The van der Waals surface area contributed by atoms with Gasteiger partial charge in [0.25, 0.3) is 0 Å². The summed E-state index contributed by atoms with van der Waals surface area (Å²) >= 11 is 0. The summed E-state index contributed by atoms with van der Waals surface area (Å²) in [6.45, 7) is 7.53. The highest BCUT2D eigenvalue weighted by atomic mass is 16.5. The van der Waals surface area contributed by atoms with Crippen molar-refractivity contribution in [2.75, 3.05) is 32.8 Å². The molecule has 0 atom stereocenters. The molecule has 1 saturated heterocycles. The van der Waals surface area contributed by atoms with E-state index >= 15 is 0 Å². The van der Waals surface area contributed by atoms with Crippen LogP contribution in [0.5, 0.6) is 5.75 Å². The first-order valence-electron chi connectivity index (χ1n) is 9.58. The van der Waals surface area contributed by atoms with E-state index in [4.69, 9.17) is 20.7 Å². The molecule has 0 bridgehead atoms. The van der Waals surface area contributed by atoms with Crippen molar-refractivity contribution in [3.63, 3.8) is 0 Å². The number of rotatable bonds is 5. The molecule has 0 radical (unpaired) electrons. The van der Waals surface area contributed by atoms with Crippen LogP contribution in [0.25, 0.3) is 5.69 Å². The van der Waals surface area contributed by atoms with Gasteiger partial charge in [0.2, 0.25) is 0 Å². The van der Waals surface area contributed by atoms with Gasteiger partial charge in [0, 0.05) is 43.7 Å². The molecule has 2 aliphatic heterocycles. The molecule has 1 fully saturated rings. The van der Waals surface area contributed by atoms with Gasteiger partial charge in [-0.3, -0.25) is 9.89 Å². The predicted molar refractivity (Wildman–Crippen MR) is 105 cm³/mol. The lowest BCUT2D eigenvalue weighted by Crippen LogP contribution is -2.46. The van der Waals surface area contributed by atoms with E-state index in [2.05, 4.69) is 22.0 Å². The number of fused-ring (bicyclic) bond motifs is 3. The zero-order valence-electron chi connectivity index (χ0n) is 15.9. The maximum Gasteiger partial charge on any atom is 0.146 e. The summed E-state index contributed by atoms with van der Waals surface area (Å²) in [6.07, 6.45) is 0.777. The fourth-order valence-corrected chi connectivity index (χ4v) is 3.72. The molecule has 0 spiro atoms. The molecule has 7 heteroatoms. The SMILES string of the molecule is CC(C)N=C(N)c1cc2n(n1)-c1cc(C3CN(CCO)C3)ccc1OCC2. The molecule has 3 N–H and O–H groups in total. The number of aliphatic hydroxyl groups is 1. The van der Waals surface area contributed by atoms with Crippen LogP contribution in [-0.2, 0) is 6.42 Å². The second-order valence-electron chi connectivity index (χ2n) is 7.55. The van der Waals surface area contributed by atoms with Crippen LogP contribution in [0.2, 0.25) is 0 Å². The zero-order chi connectivity index (χ0) is 19.0. The van der Waals surface area contributed by atoms with Crippen molar-refractivity contribution in [1.82, 2.24) is 14.7 Å².